The number of anilines is 3. The molecule has 0 aliphatic heterocycles. The van der Waals surface area contributed by atoms with Crippen molar-refractivity contribution >= 4 is 34.1 Å². The molecule has 0 aliphatic rings. The maximum atomic E-state index is 13.2. The highest BCUT2D eigenvalue weighted by atomic mass is 16.2. The second-order valence-electron chi connectivity index (χ2n) is 7.83. The first-order chi connectivity index (χ1) is 15.9. The van der Waals surface area contributed by atoms with E-state index in [1.807, 2.05) is 44.2 Å². The molecule has 1 amide bonds. The van der Waals surface area contributed by atoms with E-state index in [0.717, 1.165) is 5.69 Å². The lowest BCUT2D eigenvalue weighted by atomic mass is 10.0. The molecule has 33 heavy (non-hydrogen) atoms. The molecular formula is C24H24N6O3. The minimum absolute atomic E-state index is 0.00865. The molecule has 168 valence electrons. The number of pyridine rings is 2. The fraction of sp³-hybridized carbons (Fsp3) is 0.208. The SMILES string of the molecule is CCn1c(=O)[nH]c(=O)c2c(C(=O)Nc3ccc(Nc4ccccc4)nc3)cc(C(C)C)nc21. The number of benzene rings is 1. The minimum Gasteiger partial charge on any atom is -0.340 e. The lowest BCUT2D eigenvalue weighted by Gasteiger charge is -2.14. The summed E-state index contributed by atoms with van der Waals surface area (Å²) in [5.74, 6) is 0.131. The maximum Gasteiger partial charge on any atom is 0.329 e. The number of fused-ring (bicyclic) bond motifs is 1. The van der Waals surface area contributed by atoms with Crippen LogP contribution in [0.25, 0.3) is 11.0 Å². The largest absolute Gasteiger partial charge is 0.340 e. The van der Waals surface area contributed by atoms with Crippen LogP contribution in [0.15, 0.2) is 64.3 Å². The van der Waals surface area contributed by atoms with Crippen LogP contribution in [0.5, 0.6) is 0 Å². The topological polar surface area (TPSA) is 122 Å². The standard InChI is InChI=1S/C24H24N6O3/c1-4-30-21-20(23(32)29-24(30)33)17(12-18(28-21)14(2)3)22(31)27-16-10-11-19(25-13-16)26-15-8-6-5-7-9-15/h5-14H,4H2,1-3H3,(H,25,26)(H,27,31)(H,29,32,33). The molecule has 1 aromatic carbocycles. The predicted molar refractivity (Wildman–Crippen MR) is 128 cm³/mol. The smallest absolute Gasteiger partial charge is 0.329 e. The summed E-state index contributed by atoms with van der Waals surface area (Å²) >= 11 is 0. The maximum absolute atomic E-state index is 13.2. The highest BCUT2D eigenvalue weighted by molar-refractivity contribution is 6.11. The van der Waals surface area contributed by atoms with Gasteiger partial charge in [0.1, 0.15) is 5.82 Å². The van der Waals surface area contributed by atoms with Crippen LogP contribution >= 0.6 is 0 Å². The fourth-order valence-corrected chi connectivity index (χ4v) is 3.47. The molecule has 0 aliphatic carbocycles. The molecule has 4 aromatic rings. The van der Waals surface area contributed by atoms with Crippen LogP contribution in [0.2, 0.25) is 0 Å². The summed E-state index contributed by atoms with van der Waals surface area (Å²) < 4.78 is 1.35. The van der Waals surface area contributed by atoms with Gasteiger partial charge >= 0.3 is 5.69 Å². The third kappa shape index (κ3) is 4.52. The molecule has 0 fully saturated rings. The van der Waals surface area contributed by atoms with Crippen molar-refractivity contribution in [1.29, 1.82) is 0 Å². The number of hydrogen-bond acceptors (Lipinski definition) is 6. The minimum atomic E-state index is -0.645. The van der Waals surface area contributed by atoms with E-state index in [-0.39, 0.29) is 22.5 Å². The molecule has 0 saturated carbocycles. The number of carbonyl (C=O) groups is 1. The fourth-order valence-electron chi connectivity index (χ4n) is 3.47. The molecule has 0 radical (unpaired) electrons. The van der Waals surface area contributed by atoms with Crippen LogP contribution in [-0.4, -0.2) is 25.4 Å². The van der Waals surface area contributed by atoms with Gasteiger partial charge in [-0.2, -0.15) is 0 Å². The molecule has 9 heteroatoms. The van der Waals surface area contributed by atoms with E-state index in [1.165, 1.54) is 10.8 Å². The molecular weight excluding hydrogens is 420 g/mol. The monoisotopic (exact) mass is 444 g/mol. The van der Waals surface area contributed by atoms with Crippen LogP contribution in [-0.2, 0) is 6.54 Å². The Bertz CT molecular complexity index is 1420. The number of rotatable bonds is 6. The quantitative estimate of drug-likeness (QED) is 0.418. The number of nitrogens with zero attached hydrogens (tertiary/aromatic N) is 3. The second-order valence-corrected chi connectivity index (χ2v) is 7.83. The van der Waals surface area contributed by atoms with Gasteiger partial charge in [0.2, 0.25) is 0 Å². The normalized spacial score (nSPS) is 11.0. The molecule has 0 bridgehead atoms. The van der Waals surface area contributed by atoms with Gasteiger partial charge in [0.15, 0.2) is 5.65 Å². The van der Waals surface area contributed by atoms with Gasteiger partial charge in [-0.25, -0.2) is 14.8 Å². The molecule has 3 heterocycles. The van der Waals surface area contributed by atoms with Gasteiger partial charge in [0.25, 0.3) is 11.5 Å². The predicted octanol–water partition coefficient (Wildman–Crippen LogP) is 3.62. The molecule has 4 rings (SSSR count). The Morgan fingerprint density at radius 1 is 1.09 bits per heavy atom. The third-order valence-electron chi connectivity index (χ3n) is 5.19. The zero-order valence-corrected chi connectivity index (χ0v) is 18.5. The summed E-state index contributed by atoms with van der Waals surface area (Å²) in [5, 5.41) is 6.04. The summed E-state index contributed by atoms with van der Waals surface area (Å²) in [6.45, 7) is 5.94. The van der Waals surface area contributed by atoms with Crippen LogP contribution < -0.4 is 21.9 Å². The number of aromatic amines is 1. The molecule has 0 spiro atoms. The summed E-state index contributed by atoms with van der Waals surface area (Å²) in [6, 6.07) is 14.7. The highest BCUT2D eigenvalue weighted by Crippen LogP contribution is 2.21. The first-order valence-electron chi connectivity index (χ1n) is 10.6. The summed E-state index contributed by atoms with van der Waals surface area (Å²) in [5.41, 5.74) is 1.12. The van der Waals surface area contributed by atoms with Crippen molar-refractivity contribution in [3.8, 4) is 0 Å². The van der Waals surface area contributed by atoms with Crippen molar-refractivity contribution in [2.75, 3.05) is 10.6 Å². The number of carbonyl (C=O) groups excluding carboxylic acids is 1. The second kappa shape index (κ2) is 9.07. The summed E-state index contributed by atoms with van der Waals surface area (Å²) in [6.07, 6.45) is 1.53. The van der Waals surface area contributed by atoms with Gasteiger partial charge in [-0.05, 0) is 43.2 Å². The van der Waals surface area contributed by atoms with Crippen molar-refractivity contribution in [2.45, 2.75) is 33.2 Å². The van der Waals surface area contributed by atoms with Crippen molar-refractivity contribution in [3.63, 3.8) is 0 Å². The zero-order valence-electron chi connectivity index (χ0n) is 18.5. The van der Waals surface area contributed by atoms with E-state index < -0.39 is 17.2 Å². The van der Waals surface area contributed by atoms with Gasteiger partial charge in [0.05, 0.1) is 22.8 Å². The molecule has 0 atom stereocenters. The number of aromatic nitrogens is 4. The van der Waals surface area contributed by atoms with Gasteiger partial charge in [-0.3, -0.25) is 19.1 Å². The van der Waals surface area contributed by atoms with E-state index in [1.54, 1.807) is 25.1 Å². The molecule has 3 N–H and O–H groups in total. The average Bonchev–Trinajstić information content (AvgIpc) is 2.80. The third-order valence-corrected chi connectivity index (χ3v) is 5.19. The van der Waals surface area contributed by atoms with Crippen molar-refractivity contribution in [3.05, 3.63) is 86.8 Å². The van der Waals surface area contributed by atoms with Crippen LogP contribution in [0.4, 0.5) is 17.2 Å². The zero-order chi connectivity index (χ0) is 23.5. The molecule has 0 unspecified atom stereocenters. The highest BCUT2D eigenvalue weighted by Gasteiger charge is 2.20. The Balaban J connectivity index is 1.69. The Morgan fingerprint density at radius 3 is 2.48 bits per heavy atom. The summed E-state index contributed by atoms with van der Waals surface area (Å²) in [7, 11) is 0. The van der Waals surface area contributed by atoms with E-state index in [2.05, 4.69) is 25.6 Å². The van der Waals surface area contributed by atoms with Crippen molar-refractivity contribution in [2.24, 2.45) is 0 Å². The Morgan fingerprint density at radius 2 is 1.85 bits per heavy atom. The number of aryl methyl sites for hydroxylation is 1. The molecule has 9 nitrogen and oxygen atoms in total. The number of H-pyrrole nitrogens is 1. The van der Waals surface area contributed by atoms with E-state index in [0.29, 0.717) is 23.7 Å². The van der Waals surface area contributed by atoms with Crippen molar-refractivity contribution in [1.82, 2.24) is 19.5 Å². The Hall–Kier alpha value is -4.27. The van der Waals surface area contributed by atoms with Crippen molar-refractivity contribution < 1.29 is 4.79 Å². The van der Waals surface area contributed by atoms with Crippen LogP contribution in [0, 0.1) is 0 Å². The number of hydrogen-bond donors (Lipinski definition) is 3. The van der Waals surface area contributed by atoms with E-state index in [9.17, 15) is 14.4 Å². The molecule has 0 saturated heterocycles. The van der Waals surface area contributed by atoms with Gasteiger partial charge in [-0.15, -0.1) is 0 Å². The Kier molecular flexibility index (Phi) is 6.03. The van der Waals surface area contributed by atoms with Gasteiger partial charge in [0, 0.05) is 17.9 Å². The number of amides is 1. The van der Waals surface area contributed by atoms with E-state index in [4.69, 9.17) is 0 Å². The number of para-hydroxylation sites is 1. The molecule has 3 aromatic heterocycles. The van der Waals surface area contributed by atoms with Crippen LogP contribution in [0.3, 0.4) is 0 Å². The lowest BCUT2D eigenvalue weighted by Crippen LogP contribution is -2.32. The van der Waals surface area contributed by atoms with E-state index >= 15 is 0 Å². The number of nitrogens with one attached hydrogen (secondary N) is 3. The van der Waals surface area contributed by atoms with Crippen LogP contribution in [0.1, 0.15) is 42.7 Å². The Labute approximate surface area is 189 Å². The first-order valence-corrected chi connectivity index (χ1v) is 10.6. The average molecular weight is 444 g/mol. The van der Waals surface area contributed by atoms with Gasteiger partial charge < -0.3 is 10.6 Å². The summed E-state index contributed by atoms with van der Waals surface area (Å²) in [4.78, 5) is 49.2. The lowest BCUT2D eigenvalue weighted by molar-refractivity contribution is 0.102. The van der Waals surface area contributed by atoms with Gasteiger partial charge in [-0.1, -0.05) is 32.0 Å². The first kappa shape index (κ1) is 21.9.